The standard InChI is InChI=1S/C17H15BrN2O2/c1-2-9-22-16-8-3-5-13(10-16)12-19-20-17(21)14-6-4-7-15(18)11-14/h2-8,10-12H,1,9H2,(H,20,21)/b19-12-. The molecule has 0 saturated carbocycles. The van der Waals surface area contributed by atoms with Crippen molar-refractivity contribution >= 4 is 28.1 Å². The normalized spacial score (nSPS) is 10.4. The molecule has 2 aromatic carbocycles. The number of carbonyl (C=O) groups excluding carboxylic acids is 1. The third-order valence-corrected chi connectivity index (χ3v) is 3.19. The highest BCUT2D eigenvalue weighted by Crippen LogP contribution is 2.12. The predicted octanol–water partition coefficient (Wildman–Crippen LogP) is 3.78. The first-order valence-corrected chi connectivity index (χ1v) is 7.41. The van der Waals surface area contributed by atoms with Gasteiger partial charge in [-0.05, 0) is 35.9 Å². The van der Waals surface area contributed by atoms with E-state index in [0.29, 0.717) is 12.2 Å². The molecule has 2 aromatic rings. The molecule has 5 heteroatoms. The number of hydrogen-bond donors (Lipinski definition) is 1. The van der Waals surface area contributed by atoms with Crippen LogP contribution >= 0.6 is 15.9 Å². The Morgan fingerprint density at radius 2 is 2.09 bits per heavy atom. The lowest BCUT2D eigenvalue weighted by atomic mass is 10.2. The van der Waals surface area contributed by atoms with Gasteiger partial charge in [-0.3, -0.25) is 4.79 Å². The summed E-state index contributed by atoms with van der Waals surface area (Å²) >= 11 is 3.32. The fourth-order valence-electron chi connectivity index (χ4n) is 1.70. The number of amides is 1. The summed E-state index contributed by atoms with van der Waals surface area (Å²) in [4.78, 5) is 11.9. The van der Waals surface area contributed by atoms with E-state index in [9.17, 15) is 4.79 Å². The van der Waals surface area contributed by atoms with Gasteiger partial charge in [0.1, 0.15) is 12.4 Å². The molecule has 0 aromatic heterocycles. The lowest BCUT2D eigenvalue weighted by Crippen LogP contribution is -2.17. The van der Waals surface area contributed by atoms with E-state index in [-0.39, 0.29) is 5.91 Å². The molecule has 0 fully saturated rings. The zero-order chi connectivity index (χ0) is 15.8. The second kappa shape index (κ2) is 8.14. The van der Waals surface area contributed by atoms with E-state index < -0.39 is 0 Å². The van der Waals surface area contributed by atoms with Crippen molar-refractivity contribution in [3.05, 3.63) is 76.8 Å². The van der Waals surface area contributed by atoms with E-state index in [1.165, 1.54) is 0 Å². The Balaban J connectivity index is 1.97. The first-order valence-electron chi connectivity index (χ1n) is 6.62. The number of carbonyl (C=O) groups is 1. The quantitative estimate of drug-likeness (QED) is 0.485. The summed E-state index contributed by atoms with van der Waals surface area (Å²) in [5, 5.41) is 3.95. The van der Waals surface area contributed by atoms with Crippen LogP contribution in [0.15, 0.2) is 70.8 Å². The minimum Gasteiger partial charge on any atom is -0.490 e. The zero-order valence-electron chi connectivity index (χ0n) is 11.8. The zero-order valence-corrected chi connectivity index (χ0v) is 13.4. The summed E-state index contributed by atoms with van der Waals surface area (Å²) in [6, 6.07) is 14.5. The van der Waals surface area contributed by atoms with E-state index in [1.807, 2.05) is 30.3 Å². The maximum Gasteiger partial charge on any atom is 0.271 e. The summed E-state index contributed by atoms with van der Waals surface area (Å²) in [5.41, 5.74) is 3.86. The molecular formula is C17H15BrN2O2. The minimum absolute atomic E-state index is 0.267. The van der Waals surface area contributed by atoms with Gasteiger partial charge < -0.3 is 4.74 Å². The molecule has 1 amide bonds. The molecular weight excluding hydrogens is 344 g/mol. The van der Waals surface area contributed by atoms with E-state index in [4.69, 9.17) is 4.74 Å². The van der Waals surface area contributed by atoms with E-state index >= 15 is 0 Å². The van der Waals surface area contributed by atoms with Crippen LogP contribution in [0.4, 0.5) is 0 Å². The monoisotopic (exact) mass is 358 g/mol. The molecule has 1 N–H and O–H groups in total. The highest BCUT2D eigenvalue weighted by atomic mass is 79.9. The van der Waals surface area contributed by atoms with Crippen molar-refractivity contribution < 1.29 is 9.53 Å². The molecule has 0 bridgehead atoms. The number of nitrogens with zero attached hydrogens (tertiary/aromatic N) is 1. The van der Waals surface area contributed by atoms with Crippen molar-refractivity contribution in [3.63, 3.8) is 0 Å². The van der Waals surface area contributed by atoms with Gasteiger partial charge in [-0.1, -0.05) is 46.8 Å². The molecule has 0 unspecified atom stereocenters. The molecule has 22 heavy (non-hydrogen) atoms. The van der Waals surface area contributed by atoms with Gasteiger partial charge in [0.15, 0.2) is 0 Å². The average molecular weight is 359 g/mol. The second-order valence-corrected chi connectivity index (χ2v) is 5.30. The van der Waals surface area contributed by atoms with E-state index in [0.717, 1.165) is 15.8 Å². The highest BCUT2D eigenvalue weighted by Gasteiger charge is 2.03. The van der Waals surface area contributed by atoms with Gasteiger partial charge in [-0.2, -0.15) is 5.10 Å². The van der Waals surface area contributed by atoms with Gasteiger partial charge in [-0.15, -0.1) is 0 Å². The first kappa shape index (κ1) is 16.0. The largest absolute Gasteiger partial charge is 0.490 e. The third-order valence-electron chi connectivity index (χ3n) is 2.69. The van der Waals surface area contributed by atoms with Crippen LogP contribution in [0.25, 0.3) is 0 Å². The predicted molar refractivity (Wildman–Crippen MR) is 91.3 cm³/mol. The molecule has 0 atom stereocenters. The number of benzene rings is 2. The summed E-state index contributed by atoms with van der Waals surface area (Å²) in [6.45, 7) is 4.04. The SMILES string of the molecule is C=CCOc1cccc(/C=N\NC(=O)c2cccc(Br)c2)c1. The maximum absolute atomic E-state index is 11.9. The Morgan fingerprint density at radius 1 is 1.27 bits per heavy atom. The lowest BCUT2D eigenvalue weighted by Gasteiger charge is -2.03. The number of nitrogens with one attached hydrogen (secondary N) is 1. The molecule has 0 aliphatic rings. The molecule has 0 aliphatic carbocycles. The number of hydrazone groups is 1. The molecule has 2 rings (SSSR count). The van der Waals surface area contributed by atoms with Gasteiger partial charge in [0, 0.05) is 10.0 Å². The summed E-state index contributed by atoms with van der Waals surface area (Å²) in [7, 11) is 0. The third kappa shape index (κ3) is 4.86. The average Bonchev–Trinajstić information content (AvgIpc) is 2.53. The van der Waals surface area contributed by atoms with Gasteiger partial charge in [0.05, 0.1) is 6.21 Å². The van der Waals surface area contributed by atoms with Crippen molar-refractivity contribution in [3.8, 4) is 5.75 Å². The van der Waals surface area contributed by atoms with Crippen molar-refractivity contribution in [2.75, 3.05) is 6.61 Å². The second-order valence-electron chi connectivity index (χ2n) is 4.38. The van der Waals surface area contributed by atoms with Crippen LogP contribution < -0.4 is 10.2 Å². The Bertz CT molecular complexity index is 699. The molecule has 0 aliphatic heterocycles. The molecule has 0 saturated heterocycles. The number of halogens is 1. The maximum atomic E-state index is 11.9. The van der Waals surface area contributed by atoms with Gasteiger partial charge in [-0.25, -0.2) is 5.43 Å². The Hall–Kier alpha value is -2.40. The molecule has 0 radical (unpaired) electrons. The van der Waals surface area contributed by atoms with Crippen LogP contribution in [0, 0.1) is 0 Å². The van der Waals surface area contributed by atoms with Gasteiger partial charge in [0.25, 0.3) is 5.91 Å². The number of ether oxygens (including phenoxy) is 1. The summed E-state index contributed by atoms with van der Waals surface area (Å²) in [5.74, 6) is 0.457. The number of rotatable bonds is 6. The van der Waals surface area contributed by atoms with Crippen molar-refractivity contribution in [1.82, 2.24) is 5.43 Å². The topological polar surface area (TPSA) is 50.7 Å². The fraction of sp³-hybridized carbons (Fsp3) is 0.0588. The van der Waals surface area contributed by atoms with Crippen LogP contribution in [0.1, 0.15) is 15.9 Å². The van der Waals surface area contributed by atoms with Crippen LogP contribution in [-0.4, -0.2) is 18.7 Å². The van der Waals surface area contributed by atoms with Crippen LogP contribution in [0.3, 0.4) is 0 Å². The Morgan fingerprint density at radius 3 is 2.86 bits per heavy atom. The Kier molecular flexibility index (Phi) is 5.91. The van der Waals surface area contributed by atoms with Crippen molar-refractivity contribution in [2.24, 2.45) is 5.10 Å². The molecule has 0 heterocycles. The van der Waals surface area contributed by atoms with Gasteiger partial charge in [0.2, 0.25) is 0 Å². The summed E-state index contributed by atoms with van der Waals surface area (Å²) in [6.07, 6.45) is 3.25. The minimum atomic E-state index is -0.267. The highest BCUT2D eigenvalue weighted by molar-refractivity contribution is 9.10. The van der Waals surface area contributed by atoms with Crippen molar-refractivity contribution in [1.29, 1.82) is 0 Å². The fourth-order valence-corrected chi connectivity index (χ4v) is 2.10. The van der Waals surface area contributed by atoms with E-state index in [2.05, 4.69) is 33.0 Å². The van der Waals surface area contributed by atoms with Crippen LogP contribution in [-0.2, 0) is 0 Å². The lowest BCUT2D eigenvalue weighted by molar-refractivity contribution is 0.0955. The number of hydrogen-bond acceptors (Lipinski definition) is 3. The molecule has 0 spiro atoms. The Labute approximate surface area is 137 Å². The smallest absolute Gasteiger partial charge is 0.271 e. The van der Waals surface area contributed by atoms with Crippen molar-refractivity contribution in [2.45, 2.75) is 0 Å². The van der Waals surface area contributed by atoms with Crippen LogP contribution in [0.5, 0.6) is 5.75 Å². The van der Waals surface area contributed by atoms with E-state index in [1.54, 1.807) is 30.5 Å². The van der Waals surface area contributed by atoms with Gasteiger partial charge >= 0.3 is 0 Å². The first-order chi connectivity index (χ1) is 10.7. The van der Waals surface area contributed by atoms with Crippen LogP contribution in [0.2, 0.25) is 0 Å². The molecule has 112 valence electrons. The molecule has 4 nitrogen and oxygen atoms in total. The summed E-state index contributed by atoms with van der Waals surface area (Å²) < 4.78 is 6.28.